The predicted octanol–water partition coefficient (Wildman–Crippen LogP) is 7.81. The molecule has 0 saturated heterocycles. The van der Waals surface area contributed by atoms with Gasteiger partial charge in [0.25, 0.3) is 5.91 Å². The molecule has 39 heavy (non-hydrogen) atoms. The molecular formula is C28H21F7N2O2. The molecular weight excluding hydrogens is 529 g/mol. The maximum atomic E-state index is 14.1. The minimum Gasteiger partial charge on any atom is -0.489 e. The maximum absolute atomic E-state index is 14.1. The van der Waals surface area contributed by atoms with E-state index in [0.717, 1.165) is 13.0 Å². The molecule has 0 spiro atoms. The van der Waals surface area contributed by atoms with E-state index in [1.807, 2.05) is 0 Å². The molecule has 0 aliphatic heterocycles. The van der Waals surface area contributed by atoms with Gasteiger partial charge in [-0.2, -0.15) is 13.2 Å². The first kappa shape index (κ1) is 27.7. The van der Waals surface area contributed by atoms with Crippen molar-refractivity contribution in [2.24, 2.45) is 0 Å². The molecule has 0 unspecified atom stereocenters. The summed E-state index contributed by atoms with van der Waals surface area (Å²) in [5.41, 5.74) is -1.73. The van der Waals surface area contributed by atoms with Crippen LogP contribution in [0.25, 0.3) is 5.69 Å². The molecule has 1 N–H and O–H groups in total. The largest absolute Gasteiger partial charge is 0.489 e. The fourth-order valence-electron chi connectivity index (χ4n) is 4.20. The van der Waals surface area contributed by atoms with E-state index >= 15 is 0 Å². The second kappa shape index (κ2) is 10.5. The molecule has 0 aliphatic carbocycles. The molecule has 0 aliphatic rings. The number of rotatable bonds is 6. The monoisotopic (exact) mass is 550 g/mol. The molecule has 0 saturated carbocycles. The number of halogens is 7. The van der Waals surface area contributed by atoms with Crippen molar-refractivity contribution in [3.8, 4) is 11.4 Å². The van der Waals surface area contributed by atoms with Gasteiger partial charge in [-0.15, -0.1) is 0 Å². The van der Waals surface area contributed by atoms with Crippen LogP contribution >= 0.6 is 0 Å². The van der Waals surface area contributed by atoms with Gasteiger partial charge in [0.15, 0.2) is 23.3 Å². The number of para-hydroxylation sites is 1. The highest BCUT2D eigenvalue weighted by Gasteiger charge is 2.34. The van der Waals surface area contributed by atoms with Crippen molar-refractivity contribution >= 4 is 11.6 Å². The lowest BCUT2D eigenvalue weighted by Crippen LogP contribution is -2.15. The Labute approximate surface area is 218 Å². The summed E-state index contributed by atoms with van der Waals surface area (Å²) in [6.45, 7) is 3.15. The first-order valence-corrected chi connectivity index (χ1v) is 11.5. The van der Waals surface area contributed by atoms with Gasteiger partial charge in [-0.25, -0.2) is 17.6 Å². The number of nitrogens with zero attached hydrogens (tertiary/aromatic N) is 1. The molecule has 1 amide bonds. The van der Waals surface area contributed by atoms with E-state index in [4.69, 9.17) is 4.74 Å². The van der Waals surface area contributed by atoms with Crippen LogP contribution in [0.1, 0.15) is 38.4 Å². The Morgan fingerprint density at radius 1 is 0.872 bits per heavy atom. The summed E-state index contributed by atoms with van der Waals surface area (Å²) in [7, 11) is 0. The summed E-state index contributed by atoms with van der Waals surface area (Å²) < 4.78 is 103. The topological polar surface area (TPSA) is 43.3 Å². The van der Waals surface area contributed by atoms with E-state index in [2.05, 4.69) is 5.32 Å². The first-order chi connectivity index (χ1) is 18.3. The second-order valence-corrected chi connectivity index (χ2v) is 8.77. The molecule has 3 aromatic carbocycles. The molecule has 204 valence electrons. The van der Waals surface area contributed by atoms with Crippen molar-refractivity contribution in [2.75, 3.05) is 5.32 Å². The van der Waals surface area contributed by atoms with Crippen molar-refractivity contribution in [2.45, 2.75) is 33.6 Å². The first-order valence-electron chi connectivity index (χ1n) is 11.5. The number of nitrogens with one attached hydrogen (secondary N) is 1. The van der Waals surface area contributed by atoms with Crippen LogP contribution in [0.15, 0.2) is 54.6 Å². The van der Waals surface area contributed by atoms with Gasteiger partial charge in [0.2, 0.25) is 0 Å². The molecule has 0 bridgehead atoms. The minimum atomic E-state index is -4.61. The van der Waals surface area contributed by atoms with Gasteiger partial charge < -0.3 is 14.6 Å². The minimum absolute atomic E-state index is 0.0255. The van der Waals surface area contributed by atoms with Gasteiger partial charge in [-0.1, -0.05) is 18.2 Å². The molecule has 1 heterocycles. The van der Waals surface area contributed by atoms with Crippen LogP contribution < -0.4 is 10.1 Å². The predicted molar refractivity (Wildman–Crippen MR) is 130 cm³/mol. The number of alkyl halides is 3. The lowest BCUT2D eigenvalue weighted by Gasteiger charge is -2.17. The highest BCUT2D eigenvalue weighted by molar-refractivity contribution is 6.05. The summed E-state index contributed by atoms with van der Waals surface area (Å²) in [5, 5.41) is 2.60. The van der Waals surface area contributed by atoms with Crippen molar-refractivity contribution in [1.82, 2.24) is 4.57 Å². The number of hydrogen-bond acceptors (Lipinski definition) is 2. The normalized spacial score (nSPS) is 11.5. The Hall–Kier alpha value is -4.28. The van der Waals surface area contributed by atoms with Gasteiger partial charge in [0, 0.05) is 28.7 Å². The third kappa shape index (κ3) is 5.34. The van der Waals surface area contributed by atoms with Gasteiger partial charge in [0.1, 0.15) is 12.4 Å². The zero-order valence-corrected chi connectivity index (χ0v) is 20.8. The Kier molecular flexibility index (Phi) is 7.45. The van der Waals surface area contributed by atoms with Crippen molar-refractivity contribution in [3.05, 3.63) is 112 Å². The Bertz CT molecular complexity index is 1550. The second-order valence-electron chi connectivity index (χ2n) is 8.77. The highest BCUT2D eigenvalue weighted by Crippen LogP contribution is 2.35. The van der Waals surface area contributed by atoms with Crippen LogP contribution in [0.5, 0.6) is 5.75 Å². The van der Waals surface area contributed by atoms with Crippen LogP contribution in [0.2, 0.25) is 0 Å². The number of ether oxygens (including phenoxy) is 1. The van der Waals surface area contributed by atoms with Gasteiger partial charge in [-0.05, 0) is 51.1 Å². The zero-order chi connectivity index (χ0) is 28.6. The Morgan fingerprint density at radius 2 is 1.51 bits per heavy atom. The van der Waals surface area contributed by atoms with Crippen LogP contribution in [0.4, 0.5) is 36.4 Å². The fourth-order valence-corrected chi connectivity index (χ4v) is 4.20. The third-order valence-electron chi connectivity index (χ3n) is 6.17. The Balaban J connectivity index is 1.56. The third-order valence-corrected chi connectivity index (χ3v) is 6.17. The van der Waals surface area contributed by atoms with Gasteiger partial charge in [-0.3, -0.25) is 4.79 Å². The number of amides is 1. The number of benzene rings is 3. The summed E-state index contributed by atoms with van der Waals surface area (Å²) in [5.74, 6) is -6.79. The number of carbonyl (C=O) groups excluding carboxylic acids is 1. The average Bonchev–Trinajstić information content (AvgIpc) is 3.19. The number of hydrogen-bond donors (Lipinski definition) is 1. The van der Waals surface area contributed by atoms with Crippen LogP contribution in [0, 0.1) is 44.0 Å². The number of carbonyl (C=O) groups is 1. The molecule has 0 radical (unpaired) electrons. The van der Waals surface area contributed by atoms with E-state index in [0.29, 0.717) is 5.69 Å². The fraction of sp³-hybridized carbons (Fsp3) is 0.179. The molecule has 4 rings (SSSR count). The van der Waals surface area contributed by atoms with E-state index < -0.39 is 58.6 Å². The van der Waals surface area contributed by atoms with Gasteiger partial charge in [0.05, 0.1) is 22.4 Å². The quantitative estimate of drug-likeness (QED) is 0.197. The van der Waals surface area contributed by atoms with Gasteiger partial charge >= 0.3 is 6.18 Å². The summed E-state index contributed by atoms with van der Waals surface area (Å²) in [6.07, 6.45) is -4.61. The van der Waals surface area contributed by atoms with Crippen molar-refractivity contribution in [3.63, 3.8) is 0 Å². The van der Waals surface area contributed by atoms with E-state index in [-0.39, 0.29) is 28.4 Å². The van der Waals surface area contributed by atoms with Crippen molar-refractivity contribution in [1.29, 1.82) is 0 Å². The summed E-state index contributed by atoms with van der Waals surface area (Å²) in [4.78, 5) is 13.0. The lowest BCUT2D eigenvalue weighted by molar-refractivity contribution is -0.137. The summed E-state index contributed by atoms with van der Waals surface area (Å²) >= 11 is 0. The van der Waals surface area contributed by atoms with E-state index in [1.54, 1.807) is 6.92 Å². The molecule has 0 atom stereocenters. The van der Waals surface area contributed by atoms with Crippen LogP contribution in [0.3, 0.4) is 0 Å². The molecule has 4 aromatic rings. The standard InChI is InChI=1S/C28H21F7N2O2/c1-14-11-19(16(3)37(14)22-10-5-4-9-21(22)28(33,34)35)27(38)36-17-7-6-8-18(12-17)39-13-20-25(31)23(29)15(2)24(30)26(20)32/h4-12H,13H2,1-3H3,(H,36,38). The molecule has 11 heteroatoms. The van der Waals surface area contributed by atoms with Crippen LogP contribution in [-0.4, -0.2) is 10.5 Å². The summed E-state index contributed by atoms with van der Waals surface area (Å²) in [6, 6.07) is 12.1. The molecule has 1 aromatic heterocycles. The number of aryl methyl sites for hydroxylation is 1. The Morgan fingerprint density at radius 3 is 2.15 bits per heavy atom. The molecule has 0 fully saturated rings. The average molecular weight is 550 g/mol. The lowest BCUT2D eigenvalue weighted by atomic mass is 10.1. The van der Waals surface area contributed by atoms with Crippen LogP contribution in [-0.2, 0) is 12.8 Å². The SMILES string of the molecule is Cc1c(F)c(F)c(COc2cccc(NC(=O)c3cc(C)n(-c4ccccc4C(F)(F)F)c3C)c2)c(F)c1F. The zero-order valence-electron chi connectivity index (χ0n) is 20.8. The number of anilines is 1. The van der Waals surface area contributed by atoms with E-state index in [1.165, 1.54) is 60.0 Å². The highest BCUT2D eigenvalue weighted by atomic mass is 19.4. The number of aromatic nitrogens is 1. The maximum Gasteiger partial charge on any atom is 0.418 e. The molecule has 4 nitrogen and oxygen atoms in total. The van der Waals surface area contributed by atoms with Crippen molar-refractivity contribution < 1.29 is 40.3 Å². The smallest absolute Gasteiger partial charge is 0.418 e. The van der Waals surface area contributed by atoms with E-state index in [9.17, 15) is 35.5 Å².